The standard InChI is InChI=1S/C23H23ClN2O5/c1-4-10-31-20-17(24)12-14(13-19(20)30-3)11-16-21(27)25-23(29)26(22(16)28)18-9-7-6-8-15(18)5-2/h6-9,11-13H,4-5,10H2,1-3H3,(H,25,27,29)/b16-11-. The number of carbonyl (C=O) groups excluding carboxylic acids is 3. The molecule has 1 aliphatic rings. The maximum Gasteiger partial charge on any atom is 0.335 e. The Morgan fingerprint density at radius 2 is 1.87 bits per heavy atom. The van der Waals surface area contributed by atoms with Gasteiger partial charge in [-0.15, -0.1) is 0 Å². The number of carbonyl (C=O) groups is 3. The fraction of sp³-hybridized carbons (Fsp3) is 0.261. The lowest BCUT2D eigenvalue weighted by Gasteiger charge is -2.28. The summed E-state index contributed by atoms with van der Waals surface area (Å²) >= 11 is 6.34. The zero-order valence-electron chi connectivity index (χ0n) is 17.5. The maximum atomic E-state index is 13.2. The summed E-state index contributed by atoms with van der Waals surface area (Å²) in [5.74, 6) is -0.723. The van der Waals surface area contributed by atoms with Crippen LogP contribution in [0.3, 0.4) is 0 Å². The van der Waals surface area contributed by atoms with Gasteiger partial charge in [0.05, 0.1) is 24.4 Å². The van der Waals surface area contributed by atoms with Crippen molar-refractivity contribution in [3.05, 3.63) is 58.1 Å². The number of imide groups is 2. The third kappa shape index (κ3) is 4.56. The number of barbiturate groups is 1. The first-order valence-electron chi connectivity index (χ1n) is 9.90. The Hall–Kier alpha value is -3.32. The molecule has 0 atom stereocenters. The van der Waals surface area contributed by atoms with E-state index in [2.05, 4.69) is 5.32 Å². The number of halogens is 1. The van der Waals surface area contributed by atoms with E-state index in [1.165, 1.54) is 13.2 Å². The van der Waals surface area contributed by atoms with E-state index in [4.69, 9.17) is 21.1 Å². The van der Waals surface area contributed by atoms with Crippen molar-refractivity contribution in [3.63, 3.8) is 0 Å². The molecule has 0 saturated carbocycles. The molecule has 3 rings (SSSR count). The predicted molar refractivity (Wildman–Crippen MR) is 119 cm³/mol. The number of hydrogen-bond donors (Lipinski definition) is 1. The Morgan fingerprint density at radius 3 is 2.55 bits per heavy atom. The lowest BCUT2D eigenvalue weighted by Crippen LogP contribution is -2.54. The first-order valence-corrected chi connectivity index (χ1v) is 10.3. The van der Waals surface area contributed by atoms with Gasteiger partial charge in [0, 0.05) is 0 Å². The van der Waals surface area contributed by atoms with Crippen LogP contribution in [-0.4, -0.2) is 31.6 Å². The zero-order chi connectivity index (χ0) is 22.5. The molecular formula is C23H23ClN2O5. The molecule has 2 aromatic rings. The molecule has 1 N–H and O–H groups in total. The maximum absolute atomic E-state index is 13.2. The number of aryl methyl sites for hydroxylation is 1. The number of hydrogen-bond acceptors (Lipinski definition) is 5. The molecule has 1 fully saturated rings. The van der Waals surface area contributed by atoms with Crippen molar-refractivity contribution in [1.82, 2.24) is 5.32 Å². The fourth-order valence-electron chi connectivity index (χ4n) is 3.24. The van der Waals surface area contributed by atoms with Crippen LogP contribution in [0.15, 0.2) is 42.0 Å². The minimum atomic E-state index is -0.785. The van der Waals surface area contributed by atoms with E-state index >= 15 is 0 Å². The molecule has 31 heavy (non-hydrogen) atoms. The third-order valence-corrected chi connectivity index (χ3v) is 5.01. The van der Waals surface area contributed by atoms with Crippen LogP contribution in [0.2, 0.25) is 5.02 Å². The van der Waals surface area contributed by atoms with E-state index in [0.717, 1.165) is 16.9 Å². The first kappa shape index (κ1) is 22.4. The van der Waals surface area contributed by atoms with Gasteiger partial charge in [0.15, 0.2) is 11.5 Å². The van der Waals surface area contributed by atoms with Crippen LogP contribution in [-0.2, 0) is 16.0 Å². The minimum absolute atomic E-state index is 0.189. The number of amides is 4. The molecule has 8 heteroatoms. The smallest absolute Gasteiger partial charge is 0.335 e. The fourth-order valence-corrected chi connectivity index (χ4v) is 3.51. The van der Waals surface area contributed by atoms with Crippen molar-refractivity contribution in [2.75, 3.05) is 18.6 Å². The van der Waals surface area contributed by atoms with Gasteiger partial charge in [0.2, 0.25) is 0 Å². The van der Waals surface area contributed by atoms with E-state index in [1.54, 1.807) is 24.3 Å². The van der Waals surface area contributed by atoms with Gasteiger partial charge in [0.1, 0.15) is 5.57 Å². The normalized spacial score (nSPS) is 15.3. The molecule has 0 spiro atoms. The second-order valence-corrected chi connectivity index (χ2v) is 7.23. The summed E-state index contributed by atoms with van der Waals surface area (Å²) in [6.07, 6.45) is 2.79. The summed E-state index contributed by atoms with van der Waals surface area (Å²) < 4.78 is 11.0. The molecule has 2 aromatic carbocycles. The van der Waals surface area contributed by atoms with Gasteiger partial charge in [0.25, 0.3) is 11.8 Å². The SMILES string of the molecule is CCCOc1c(Cl)cc(/C=C2/C(=O)NC(=O)N(c3ccccc3CC)C2=O)cc1OC. The third-order valence-electron chi connectivity index (χ3n) is 4.73. The molecule has 4 amide bonds. The van der Waals surface area contributed by atoms with Crippen molar-refractivity contribution in [3.8, 4) is 11.5 Å². The monoisotopic (exact) mass is 442 g/mol. The van der Waals surface area contributed by atoms with Gasteiger partial charge in [-0.25, -0.2) is 9.69 Å². The van der Waals surface area contributed by atoms with Gasteiger partial charge in [-0.2, -0.15) is 0 Å². The summed E-state index contributed by atoms with van der Waals surface area (Å²) in [5, 5.41) is 2.52. The molecule has 0 bridgehead atoms. The molecule has 7 nitrogen and oxygen atoms in total. The number of para-hydroxylation sites is 1. The Bertz CT molecular complexity index is 1060. The summed E-state index contributed by atoms with van der Waals surface area (Å²) in [7, 11) is 1.47. The topological polar surface area (TPSA) is 84.9 Å². The van der Waals surface area contributed by atoms with Gasteiger partial charge in [-0.3, -0.25) is 14.9 Å². The molecule has 0 aliphatic carbocycles. The highest BCUT2D eigenvalue weighted by molar-refractivity contribution is 6.39. The molecule has 1 aliphatic heterocycles. The number of methoxy groups -OCH3 is 1. The Morgan fingerprint density at radius 1 is 1.13 bits per heavy atom. The lowest BCUT2D eigenvalue weighted by molar-refractivity contribution is -0.122. The molecule has 1 heterocycles. The van der Waals surface area contributed by atoms with Crippen molar-refractivity contribution in [2.45, 2.75) is 26.7 Å². The summed E-state index contributed by atoms with van der Waals surface area (Å²) in [4.78, 5) is 39.1. The van der Waals surface area contributed by atoms with Crippen LogP contribution in [0, 0.1) is 0 Å². The molecular weight excluding hydrogens is 420 g/mol. The largest absolute Gasteiger partial charge is 0.493 e. The Kier molecular flexibility index (Phi) is 6.97. The lowest BCUT2D eigenvalue weighted by atomic mass is 10.0. The molecule has 0 radical (unpaired) electrons. The van der Waals surface area contributed by atoms with Crippen LogP contribution < -0.4 is 19.7 Å². The number of rotatable bonds is 7. The number of nitrogens with one attached hydrogen (secondary N) is 1. The summed E-state index contributed by atoms with van der Waals surface area (Å²) in [6.45, 7) is 4.35. The summed E-state index contributed by atoms with van der Waals surface area (Å²) in [6, 6.07) is 9.46. The number of ether oxygens (including phenoxy) is 2. The van der Waals surface area contributed by atoms with Crippen molar-refractivity contribution >= 4 is 41.2 Å². The predicted octanol–water partition coefficient (Wildman–Crippen LogP) is 4.37. The highest BCUT2D eigenvalue weighted by atomic mass is 35.5. The van der Waals surface area contributed by atoms with Crippen molar-refractivity contribution in [2.24, 2.45) is 0 Å². The first-order chi connectivity index (χ1) is 14.9. The molecule has 162 valence electrons. The Balaban J connectivity index is 2.03. The van der Waals surface area contributed by atoms with Crippen LogP contribution >= 0.6 is 11.6 Å². The second kappa shape index (κ2) is 9.66. The average Bonchev–Trinajstić information content (AvgIpc) is 2.75. The number of anilines is 1. The number of urea groups is 1. The van der Waals surface area contributed by atoms with E-state index in [9.17, 15) is 14.4 Å². The zero-order valence-corrected chi connectivity index (χ0v) is 18.3. The second-order valence-electron chi connectivity index (χ2n) is 6.82. The van der Waals surface area contributed by atoms with E-state index in [1.807, 2.05) is 26.0 Å². The van der Waals surface area contributed by atoms with Crippen molar-refractivity contribution < 1.29 is 23.9 Å². The summed E-state index contributed by atoms with van der Waals surface area (Å²) in [5.41, 5.74) is 1.51. The quantitative estimate of drug-likeness (QED) is 0.508. The van der Waals surface area contributed by atoms with Crippen LogP contribution in [0.1, 0.15) is 31.4 Å². The van der Waals surface area contributed by atoms with Crippen LogP contribution in [0.4, 0.5) is 10.5 Å². The van der Waals surface area contributed by atoms with Gasteiger partial charge in [-0.1, -0.05) is 43.6 Å². The van der Waals surface area contributed by atoms with E-state index in [0.29, 0.717) is 35.8 Å². The number of benzene rings is 2. The Labute approximate surface area is 185 Å². The average molecular weight is 443 g/mol. The minimum Gasteiger partial charge on any atom is -0.493 e. The van der Waals surface area contributed by atoms with E-state index in [-0.39, 0.29) is 10.6 Å². The molecule has 1 saturated heterocycles. The van der Waals surface area contributed by atoms with Crippen LogP contribution in [0.5, 0.6) is 11.5 Å². The van der Waals surface area contributed by atoms with Crippen molar-refractivity contribution in [1.29, 1.82) is 0 Å². The highest BCUT2D eigenvalue weighted by Crippen LogP contribution is 2.37. The van der Waals surface area contributed by atoms with Gasteiger partial charge >= 0.3 is 6.03 Å². The van der Waals surface area contributed by atoms with Crippen LogP contribution in [0.25, 0.3) is 6.08 Å². The highest BCUT2D eigenvalue weighted by Gasteiger charge is 2.37. The molecule has 0 aromatic heterocycles. The number of nitrogens with zero attached hydrogens (tertiary/aromatic N) is 1. The molecule has 0 unspecified atom stereocenters. The van der Waals surface area contributed by atoms with Gasteiger partial charge in [-0.05, 0) is 48.2 Å². The van der Waals surface area contributed by atoms with E-state index < -0.39 is 17.8 Å². The van der Waals surface area contributed by atoms with Gasteiger partial charge < -0.3 is 9.47 Å².